The highest BCUT2D eigenvalue weighted by Gasteiger charge is 2.32. The van der Waals surface area contributed by atoms with Crippen LogP contribution in [-0.2, 0) is 19.4 Å². The summed E-state index contributed by atoms with van der Waals surface area (Å²) in [5.41, 5.74) is 0. The minimum absolute atomic E-state index is 0.114. The zero-order valence-electron chi connectivity index (χ0n) is 14.5. The molecule has 2 amide bonds. The summed E-state index contributed by atoms with van der Waals surface area (Å²) in [7, 11) is -3.81. The molecule has 1 aromatic carbocycles. The van der Waals surface area contributed by atoms with Crippen LogP contribution in [0.2, 0.25) is 0 Å². The van der Waals surface area contributed by atoms with Gasteiger partial charge in [0.05, 0.1) is 11.2 Å². The van der Waals surface area contributed by atoms with Gasteiger partial charge in [-0.05, 0) is 30.7 Å². The van der Waals surface area contributed by atoms with Gasteiger partial charge in [0.2, 0.25) is 0 Å². The molecule has 2 rings (SSSR count). The first-order valence-electron chi connectivity index (χ1n) is 8.35. The molecule has 0 spiro atoms. The van der Waals surface area contributed by atoms with Gasteiger partial charge in [0, 0.05) is 13.1 Å². The lowest BCUT2D eigenvalue weighted by atomic mass is 10.3. The molecule has 0 saturated heterocycles. The summed E-state index contributed by atoms with van der Waals surface area (Å²) in [6, 6.07) is 11.0. The first-order valence-corrected chi connectivity index (χ1v) is 9.89. The maximum Gasteiger partial charge on any atom is 0.309 e. The lowest BCUT2D eigenvalue weighted by Crippen LogP contribution is -2.42. The Bertz CT molecular complexity index is 817. The van der Waals surface area contributed by atoms with Crippen molar-refractivity contribution in [2.45, 2.75) is 29.9 Å². The summed E-state index contributed by atoms with van der Waals surface area (Å²) in [5.74, 6) is -1.46. The van der Waals surface area contributed by atoms with Crippen LogP contribution in [0.3, 0.4) is 0 Å². The van der Waals surface area contributed by atoms with Gasteiger partial charge in [-0.25, -0.2) is 8.42 Å². The number of carbonyl (C=O) groups is 2. The zero-order valence-corrected chi connectivity index (χ0v) is 15.3. The van der Waals surface area contributed by atoms with Crippen LogP contribution in [0.25, 0.3) is 0 Å². The number of furan rings is 1. The Kier molecular flexibility index (Phi) is 6.97. The van der Waals surface area contributed by atoms with Crippen molar-refractivity contribution < 1.29 is 22.4 Å². The monoisotopic (exact) mass is 378 g/mol. The molecule has 8 heteroatoms. The van der Waals surface area contributed by atoms with Crippen LogP contribution in [0.15, 0.2) is 58.0 Å². The zero-order chi connectivity index (χ0) is 19.0. The van der Waals surface area contributed by atoms with E-state index in [4.69, 9.17) is 4.42 Å². The maximum atomic E-state index is 12.9. The average molecular weight is 378 g/mol. The highest BCUT2D eigenvalue weighted by atomic mass is 32.2. The Morgan fingerprint density at radius 1 is 1.04 bits per heavy atom. The molecule has 7 nitrogen and oxygen atoms in total. The van der Waals surface area contributed by atoms with E-state index in [1.54, 1.807) is 24.3 Å². The molecule has 0 aliphatic heterocycles. The van der Waals surface area contributed by atoms with Crippen LogP contribution in [0.5, 0.6) is 0 Å². The lowest BCUT2D eigenvalue weighted by molar-refractivity contribution is -0.139. The summed E-state index contributed by atoms with van der Waals surface area (Å²) in [4.78, 5) is 23.8. The average Bonchev–Trinajstić information content (AvgIpc) is 3.16. The standard InChI is InChI=1S/C18H22N2O5S/c1-2-3-11-19-17(21)18(22)20-13-16(15-10-7-12-25-15)26(23,24)14-8-5-4-6-9-14/h4-10,12,16H,2-3,11,13H2,1H3,(H,19,21)(H,20,22). The number of rotatable bonds is 8. The van der Waals surface area contributed by atoms with Crippen LogP contribution in [0.1, 0.15) is 30.8 Å². The molecule has 140 valence electrons. The molecule has 1 heterocycles. The van der Waals surface area contributed by atoms with Gasteiger partial charge in [-0.1, -0.05) is 31.5 Å². The number of unbranched alkanes of at least 4 members (excludes halogenated alkanes) is 1. The van der Waals surface area contributed by atoms with Crippen molar-refractivity contribution in [1.29, 1.82) is 0 Å². The number of nitrogens with one attached hydrogen (secondary N) is 2. The molecule has 1 unspecified atom stereocenters. The fourth-order valence-electron chi connectivity index (χ4n) is 2.34. The van der Waals surface area contributed by atoms with E-state index in [0.717, 1.165) is 12.8 Å². The molecule has 0 bridgehead atoms. The summed E-state index contributed by atoms with van der Waals surface area (Å²) in [5, 5.41) is 3.74. The number of hydrogen-bond acceptors (Lipinski definition) is 5. The molecule has 0 fully saturated rings. The summed E-state index contributed by atoms with van der Waals surface area (Å²) in [6.07, 6.45) is 3.01. The van der Waals surface area contributed by atoms with Crippen molar-refractivity contribution in [2.75, 3.05) is 13.1 Å². The topological polar surface area (TPSA) is 105 Å². The SMILES string of the molecule is CCCCNC(=O)C(=O)NCC(c1ccco1)S(=O)(=O)c1ccccc1. The minimum atomic E-state index is -3.81. The number of hydrogen-bond donors (Lipinski definition) is 2. The van der Waals surface area contributed by atoms with Crippen LogP contribution < -0.4 is 10.6 Å². The quantitative estimate of drug-likeness (QED) is 0.538. The fourth-order valence-corrected chi connectivity index (χ4v) is 3.94. The van der Waals surface area contributed by atoms with Gasteiger partial charge in [-0.2, -0.15) is 0 Å². The maximum absolute atomic E-state index is 12.9. The van der Waals surface area contributed by atoms with E-state index in [0.29, 0.717) is 6.54 Å². The molecule has 1 atom stereocenters. The Morgan fingerprint density at radius 2 is 1.73 bits per heavy atom. The van der Waals surface area contributed by atoms with Gasteiger partial charge in [0.25, 0.3) is 0 Å². The van der Waals surface area contributed by atoms with Gasteiger partial charge < -0.3 is 15.1 Å². The van der Waals surface area contributed by atoms with Gasteiger partial charge in [0.1, 0.15) is 11.0 Å². The van der Waals surface area contributed by atoms with Crippen LogP contribution in [0.4, 0.5) is 0 Å². The first-order chi connectivity index (χ1) is 12.5. The highest BCUT2D eigenvalue weighted by Crippen LogP contribution is 2.28. The second kappa shape index (κ2) is 9.19. The fraction of sp³-hybridized carbons (Fsp3) is 0.333. The Hall–Kier alpha value is -2.61. The number of benzene rings is 1. The third-order valence-corrected chi connectivity index (χ3v) is 5.85. The Balaban J connectivity index is 2.12. The molecular weight excluding hydrogens is 356 g/mol. The lowest BCUT2D eigenvalue weighted by Gasteiger charge is -2.16. The van der Waals surface area contributed by atoms with Crippen molar-refractivity contribution in [3.05, 3.63) is 54.5 Å². The van der Waals surface area contributed by atoms with Crippen molar-refractivity contribution in [3.8, 4) is 0 Å². The van der Waals surface area contributed by atoms with Crippen molar-refractivity contribution in [2.24, 2.45) is 0 Å². The van der Waals surface area contributed by atoms with Crippen LogP contribution >= 0.6 is 0 Å². The van der Waals surface area contributed by atoms with E-state index < -0.39 is 26.9 Å². The number of amides is 2. The summed E-state index contributed by atoms with van der Waals surface area (Å²) < 4.78 is 31.1. The summed E-state index contributed by atoms with van der Waals surface area (Å²) in [6.45, 7) is 2.09. The van der Waals surface area contributed by atoms with Gasteiger partial charge in [-0.15, -0.1) is 0 Å². The molecule has 0 aliphatic carbocycles. The molecule has 1 aromatic heterocycles. The molecule has 26 heavy (non-hydrogen) atoms. The summed E-state index contributed by atoms with van der Waals surface area (Å²) >= 11 is 0. The molecule has 0 aliphatic rings. The molecule has 2 aromatic rings. The normalized spacial score (nSPS) is 12.3. The van der Waals surface area contributed by atoms with E-state index in [-0.39, 0.29) is 17.2 Å². The van der Waals surface area contributed by atoms with Crippen LogP contribution in [0, 0.1) is 0 Å². The molecular formula is C18H22N2O5S. The second-order valence-electron chi connectivity index (χ2n) is 5.68. The van der Waals surface area contributed by atoms with Crippen molar-refractivity contribution in [3.63, 3.8) is 0 Å². The smallest absolute Gasteiger partial charge is 0.309 e. The largest absolute Gasteiger partial charge is 0.468 e. The predicted molar refractivity (Wildman–Crippen MR) is 96.0 cm³/mol. The predicted octanol–water partition coefficient (Wildman–Crippen LogP) is 1.83. The van der Waals surface area contributed by atoms with Gasteiger partial charge in [-0.3, -0.25) is 9.59 Å². The molecule has 0 saturated carbocycles. The van der Waals surface area contributed by atoms with Gasteiger partial charge in [0.15, 0.2) is 9.84 Å². The molecule has 2 N–H and O–H groups in total. The number of sulfone groups is 1. The second-order valence-corrected chi connectivity index (χ2v) is 7.81. The van der Waals surface area contributed by atoms with E-state index in [2.05, 4.69) is 10.6 Å². The van der Waals surface area contributed by atoms with E-state index in [9.17, 15) is 18.0 Å². The van der Waals surface area contributed by atoms with E-state index >= 15 is 0 Å². The Morgan fingerprint density at radius 3 is 2.35 bits per heavy atom. The van der Waals surface area contributed by atoms with Gasteiger partial charge >= 0.3 is 11.8 Å². The van der Waals surface area contributed by atoms with Crippen molar-refractivity contribution in [1.82, 2.24) is 10.6 Å². The number of carbonyl (C=O) groups excluding carboxylic acids is 2. The third-order valence-electron chi connectivity index (χ3n) is 3.78. The highest BCUT2D eigenvalue weighted by molar-refractivity contribution is 7.91. The molecule has 0 radical (unpaired) electrons. The Labute approximate surface area is 152 Å². The van der Waals surface area contributed by atoms with E-state index in [1.165, 1.54) is 24.5 Å². The van der Waals surface area contributed by atoms with Crippen molar-refractivity contribution >= 4 is 21.7 Å². The minimum Gasteiger partial charge on any atom is -0.468 e. The van der Waals surface area contributed by atoms with Crippen LogP contribution in [-0.4, -0.2) is 33.3 Å². The van der Waals surface area contributed by atoms with E-state index in [1.807, 2.05) is 6.92 Å². The third kappa shape index (κ3) is 4.95. The first kappa shape index (κ1) is 19.7.